The van der Waals surface area contributed by atoms with E-state index in [4.69, 9.17) is 0 Å². The number of carbonyl (C=O) groups excluding carboxylic acids is 1. The number of rotatable bonds is 5. The summed E-state index contributed by atoms with van der Waals surface area (Å²) in [7, 11) is 0. The first-order chi connectivity index (χ1) is 15.4. The third kappa shape index (κ3) is 4.18. The summed E-state index contributed by atoms with van der Waals surface area (Å²) in [4.78, 5) is 15.3. The fourth-order valence-electron chi connectivity index (χ4n) is 3.55. The molecule has 2 amide bonds. The number of alkyl halides is 3. The molecule has 6 nitrogen and oxygen atoms in total. The molecule has 4 aromatic rings. The molecule has 2 aromatic heterocycles. The van der Waals surface area contributed by atoms with E-state index in [9.17, 15) is 18.0 Å². The molecular formula is C23H20F3N5O. The van der Waals surface area contributed by atoms with Crippen molar-refractivity contribution >= 4 is 22.6 Å². The van der Waals surface area contributed by atoms with Gasteiger partial charge < -0.3 is 15.6 Å². The lowest BCUT2D eigenvalue weighted by atomic mass is 10.1. The van der Waals surface area contributed by atoms with Crippen LogP contribution in [0.2, 0.25) is 0 Å². The number of aromatic nitrogens is 3. The first-order valence-electron chi connectivity index (χ1n) is 10.3. The Hall–Kier alpha value is -3.75. The van der Waals surface area contributed by atoms with Gasteiger partial charge in [-0.1, -0.05) is 6.07 Å². The van der Waals surface area contributed by atoms with E-state index >= 15 is 0 Å². The highest BCUT2D eigenvalue weighted by Crippen LogP contribution is 2.31. The van der Waals surface area contributed by atoms with Gasteiger partial charge in [0, 0.05) is 35.4 Å². The normalized spacial score (nSPS) is 14.0. The van der Waals surface area contributed by atoms with Crippen molar-refractivity contribution in [1.82, 2.24) is 20.1 Å². The summed E-state index contributed by atoms with van der Waals surface area (Å²) in [6.07, 6.45) is 3.11. The zero-order valence-electron chi connectivity index (χ0n) is 16.9. The monoisotopic (exact) mass is 439 g/mol. The summed E-state index contributed by atoms with van der Waals surface area (Å²) >= 11 is 0. The lowest BCUT2D eigenvalue weighted by Gasteiger charge is -2.07. The molecule has 3 N–H and O–H groups in total. The van der Waals surface area contributed by atoms with Gasteiger partial charge in [-0.3, -0.25) is 0 Å². The average Bonchev–Trinajstić information content (AvgIpc) is 3.33. The predicted octanol–water partition coefficient (Wildman–Crippen LogP) is 5.57. The zero-order chi connectivity index (χ0) is 22.3. The van der Waals surface area contributed by atoms with Gasteiger partial charge in [0.15, 0.2) is 0 Å². The number of fused-ring (bicyclic) bond motifs is 1. The largest absolute Gasteiger partial charge is 0.416 e. The number of H-pyrrole nitrogens is 1. The molecular weight excluding hydrogens is 419 g/mol. The minimum Gasteiger partial charge on any atom is -0.359 e. The predicted molar refractivity (Wildman–Crippen MR) is 116 cm³/mol. The number of benzene rings is 2. The molecule has 1 aliphatic rings. The maximum Gasteiger partial charge on any atom is 0.416 e. The van der Waals surface area contributed by atoms with Gasteiger partial charge in [-0.05, 0) is 60.7 Å². The quantitative estimate of drug-likeness (QED) is 0.380. The molecule has 1 aliphatic carbocycles. The molecule has 0 spiro atoms. The summed E-state index contributed by atoms with van der Waals surface area (Å²) in [5.41, 5.74) is 3.05. The molecule has 0 unspecified atom stereocenters. The number of urea groups is 1. The second kappa shape index (κ2) is 7.74. The van der Waals surface area contributed by atoms with E-state index in [0.717, 1.165) is 47.0 Å². The van der Waals surface area contributed by atoms with E-state index in [1.807, 2.05) is 18.2 Å². The minimum absolute atomic E-state index is 0.238. The topological polar surface area (TPSA) is 74.7 Å². The first-order valence-corrected chi connectivity index (χ1v) is 10.3. The molecule has 0 atom stereocenters. The van der Waals surface area contributed by atoms with Crippen LogP contribution in [0.5, 0.6) is 0 Å². The Morgan fingerprint density at radius 3 is 2.62 bits per heavy atom. The number of halogens is 3. The molecule has 1 saturated carbocycles. The van der Waals surface area contributed by atoms with Crippen LogP contribution in [-0.4, -0.2) is 27.3 Å². The van der Waals surface area contributed by atoms with Crippen molar-refractivity contribution in [3.63, 3.8) is 0 Å². The number of anilines is 1. The molecule has 5 rings (SSSR count). The summed E-state index contributed by atoms with van der Waals surface area (Å²) in [5.74, 6) is 0.594. The Morgan fingerprint density at radius 1 is 1.12 bits per heavy atom. The Labute approximate surface area is 181 Å². The fraction of sp³-hybridized carbons (Fsp3) is 0.217. The van der Waals surface area contributed by atoms with Crippen LogP contribution >= 0.6 is 0 Å². The van der Waals surface area contributed by atoms with E-state index in [1.165, 1.54) is 16.8 Å². The Kier molecular flexibility index (Phi) is 4.88. The summed E-state index contributed by atoms with van der Waals surface area (Å²) in [5, 5.41) is 10.9. The van der Waals surface area contributed by atoms with Gasteiger partial charge in [0.05, 0.1) is 23.1 Å². The standard InChI is InChI=1S/C23H20F3N5O/c24-23(25,26)17-4-6-18(7-5-17)31-13-16(11-29-31)15-3-8-20-19(9-15)21(12-27-20)30-22(32)28-10-14-1-2-14/h3-9,11-14,27H,1-2,10H2,(H2,28,30,32). The zero-order valence-corrected chi connectivity index (χ0v) is 16.9. The molecule has 0 aliphatic heterocycles. The van der Waals surface area contributed by atoms with Gasteiger partial charge in [0.1, 0.15) is 0 Å². The first kappa shape index (κ1) is 20.2. The van der Waals surface area contributed by atoms with E-state index < -0.39 is 11.7 Å². The van der Waals surface area contributed by atoms with Crippen LogP contribution in [0.4, 0.5) is 23.7 Å². The van der Waals surface area contributed by atoms with Crippen molar-refractivity contribution < 1.29 is 18.0 Å². The molecule has 2 aromatic carbocycles. The minimum atomic E-state index is -4.37. The van der Waals surface area contributed by atoms with Gasteiger partial charge >= 0.3 is 12.2 Å². The smallest absolute Gasteiger partial charge is 0.359 e. The van der Waals surface area contributed by atoms with Gasteiger partial charge in [-0.25, -0.2) is 9.48 Å². The fourth-order valence-corrected chi connectivity index (χ4v) is 3.55. The van der Waals surface area contributed by atoms with E-state index in [2.05, 4.69) is 20.7 Å². The number of carbonyl (C=O) groups is 1. The van der Waals surface area contributed by atoms with Crippen LogP contribution in [0, 0.1) is 5.92 Å². The molecule has 2 heterocycles. The van der Waals surface area contributed by atoms with Crippen LogP contribution in [0.25, 0.3) is 27.7 Å². The van der Waals surface area contributed by atoms with E-state index in [1.54, 1.807) is 18.6 Å². The molecule has 0 radical (unpaired) electrons. The molecule has 32 heavy (non-hydrogen) atoms. The van der Waals surface area contributed by atoms with E-state index in [-0.39, 0.29) is 6.03 Å². The van der Waals surface area contributed by atoms with Crippen molar-refractivity contribution in [3.8, 4) is 16.8 Å². The highest BCUT2D eigenvalue weighted by atomic mass is 19.4. The maximum absolute atomic E-state index is 12.8. The molecule has 0 bridgehead atoms. The van der Waals surface area contributed by atoms with Crippen LogP contribution in [-0.2, 0) is 6.18 Å². The highest BCUT2D eigenvalue weighted by Gasteiger charge is 2.30. The van der Waals surface area contributed by atoms with Crippen molar-refractivity contribution in [3.05, 3.63) is 66.6 Å². The lowest BCUT2D eigenvalue weighted by molar-refractivity contribution is -0.137. The molecule has 0 saturated heterocycles. The summed E-state index contributed by atoms with van der Waals surface area (Å²) in [6, 6.07) is 10.4. The van der Waals surface area contributed by atoms with Gasteiger partial charge in [0.2, 0.25) is 0 Å². The summed E-state index contributed by atoms with van der Waals surface area (Å²) < 4.78 is 39.9. The van der Waals surface area contributed by atoms with Crippen molar-refractivity contribution in [2.24, 2.45) is 5.92 Å². The Bertz CT molecular complexity index is 1270. The number of nitrogens with one attached hydrogen (secondary N) is 3. The third-order valence-electron chi connectivity index (χ3n) is 5.55. The van der Waals surface area contributed by atoms with Crippen LogP contribution in [0.3, 0.4) is 0 Å². The number of nitrogens with zero attached hydrogens (tertiary/aromatic N) is 2. The number of amides is 2. The van der Waals surface area contributed by atoms with Crippen molar-refractivity contribution in [2.45, 2.75) is 19.0 Å². The van der Waals surface area contributed by atoms with E-state index in [0.29, 0.717) is 23.8 Å². The lowest BCUT2D eigenvalue weighted by Crippen LogP contribution is -2.30. The van der Waals surface area contributed by atoms with Crippen LogP contribution < -0.4 is 10.6 Å². The maximum atomic E-state index is 12.8. The molecule has 164 valence electrons. The number of hydrogen-bond donors (Lipinski definition) is 3. The van der Waals surface area contributed by atoms with Gasteiger partial charge in [-0.15, -0.1) is 0 Å². The second-order valence-electron chi connectivity index (χ2n) is 7.96. The van der Waals surface area contributed by atoms with Gasteiger partial charge in [-0.2, -0.15) is 18.3 Å². The highest BCUT2D eigenvalue weighted by molar-refractivity contribution is 6.02. The Morgan fingerprint density at radius 2 is 1.91 bits per heavy atom. The van der Waals surface area contributed by atoms with Crippen molar-refractivity contribution in [2.75, 3.05) is 11.9 Å². The molecule has 9 heteroatoms. The summed E-state index contributed by atoms with van der Waals surface area (Å²) in [6.45, 7) is 0.683. The number of hydrogen-bond acceptors (Lipinski definition) is 2. The second-order valence-corrected chi connectivity index (χ2v) is 7.96. The van der Waals surface area contributed by atoms with Crippen molar-refractivity contribution in [1.29, 1.82) is 0 Å². The number of aromatic amines is 1. The van der Waals surface area contributed by atoms with Crippen LogP contribution in [0.1, 0.15) is 18.4 Å². The molecule has 1 fully saturated rings. The van der Waals surface area contributed by atoms with Crippen LogP contribution in [0.15, 0.2) is 61.1 Å². The average molecular weight is 439 g/mol. The SMILES string of the molecule is O=C(NCC1CC1)Nc1c[nH]c2ccc(-c3cnn(-c4ccc(C(F)(F)F)cc4)c3)cc12. The Balaban J connectivity index is 1.36. The third-order valence-corrected chi connectivity index (χ3v) is 5.55. The van der Waals surface area contributed by atoms with Gasteiger partial charge in [0.25, 0.3) is 0 Å².